The number of hydrogen-bond donors (Lipinski definition) is 2. The van der Waals surface area contributed by atoms with Crippen LogP contribution in [0.1, 0.15) is 33.3 Å². The molecule has 0 aliphatic heterocycles. The summed E-state index contributed by atoms with van der Waals surface area (Å²) in [6.45, 7) is 10.6. The maximum atomic E-state index is 5.71. The molecule has 0 fully saturated rings. The van der Waals surface area contributed by atoms with Crippen molar-refractivity contribution in [2.75, 3.05) is 11.9 Å². The van der Waals surface area contributed by atoms with Crippen LogP contribution in [0.3, 0.4) is 0 Å². The minimum Gasteiger partial charge on any atom is -0.383 e. The number of nitrogens with one attached hydrogen (secondary N) is 1. The fourth-order valence-electron chi connectivity index (χ4n) is 2.23. The van der Waals surface area contributed by atoms with Crippen molar-refractivity contribution in [1.29, 1.82) is 0 Å². The van der Waals surface area contributed by atoms with Gasteiger partial charge >= 0.3 is 0 Å². The van der Waals surface area contributed by atoms with Crippen LogP contribution in [-0.2, 0) is 6.54 Å². The molecule has 96 valence electrons. The zero-order valence-electron chi connectivity index (χ0n) is 11.4. The Morgan fingerprint density at radius 2 is 1.88 bits per heavy atom. The van der Waals surface area contributed by atoms with E-state index in [1.165, 1.54) is 0 Å². The Bertz CT molecular complexity index is 326. The summed E-state index contributed by atoms with van der Waals surface area (Å²) in [5.41, 5.74) is 7.91. The van der Waals surface area contributed by atoms with E-state index in [9.17, 15) is 0 Å². The Hall–Kier alpha value is -1.09. The summed E-state index contributed by atoms with van der Waals surface area (Å²) in [4.78, 5) is 4.14. The molecule has 3 N–H and O–H groups in total. The molecule has 17 heavy (non-hydrogen) atoms. The Morgan fingerprint density at radius 3 is 2.41 bits per heavy atom. The van der Waals surface area contributed by atoms with Crippen molar-refractivity contribution >= 4 is 5.69 Å². The highest BCUT2D eigenvalue weighted by atomic mass is 14.9. The van der Waals surface area contributed by atoms with Crippen LogP contribution in [0.25, 0.3) is 0 Å². The van der Waals surface area contributed by atoms with Crippen LogP contribution in [0.4, 0.5) is 5.69 Å². The molecule has 0 saturated carbocycles. The van der Waals surface area contributed by atoms with E-state index in [4.69, 9.17) is 5.73 Å². The van der Waals surface area contributed by atoms with Crippen molar-refractivity contribution in [3.05, 3.63) is 24.0 Å². The van der Waals surface area contributed by atoms with Gasteiger partial charge in [0.15, 0.2) is 0 Å². The zero-order valence-corrected chi connectivity index (χ0v) is 11.4. The monoisotopic (exact) mass is 235 g/mol. The number of anilines is 1. The summed E-state index contributed by atoms with van der Waals surface area (Å²) in [7, 11) is 0. The minimum absolute atomic E-state index is 0.554. The number of pyridine rings is 1. The molecule has 1 rings (SSSR count). The first-order valence-electron chi connectivity index (χ1n) is 6.43. The molecule has 0 aliphatic carbocycles. The Kier molecular flexibility index (Phi) is 5.42. The van der Waals surface area contributed by atoms with E-state index in [-0.39, 0.29) is 0 Å². The molecule has 1 aromatic heterocycles. The highest BCUT2D eigenvalue weighted by Crippen LogP contribution is 2.22. The van der Waals surface area contributed by atoms with Gasteiger partial charge < -0.3 is 11.1 Å². The quantitative estimate of drug-likeness (QED) is 0.797. The molecule has 3 nitrogen and oxygen atoms in total. The van der Waals surface area contributed by atoms with Crippen LogP contribution in [0.5, 0.6) is 0 Å². The van der Waals surface area contributed by atoms with Gasteiger partial charge in [-0.25, -0.2) is 0 Å². The van der Waals surface area contributed by atoms with E-state index in [1.54, 1.807) is 6.20 Å². The summed E-state index contributed by atoms with van der Waals surface area (Å²) in [5, 5.41) is 3.48. The first-order valence-corrected chi connectivity index (χ1v) is 6.43. The van der Waals surface area contributed by atoms with E-state index in [0.29, 0.717) is 24.3 Å². The van der Waals surface area contributed by atoms with Crippen LogP contribution in [-0.4, -0.2) is 11.5 Å². The van der Waals surface area contributed by atoms with Gasteiger partial charge in [0.2, 0.25) is 0 Å². The first-order chi connectivity index (χ1) is 8.06. The largest absolute Gasteiger partial charge is 0.383 e. The lowest BCUT2D eigenvalue weighted by Crippen LogP contribution is -2.25. The van der Waals surface area contributed by atoms with Gasteiger partial charge in [-0.05, 0) is 29.4 Å². The highest BCUT2D eigenvalue weighted by Gasteiger charge is 2.17. The van der Waals surface area contributed by atoms with E-state index in [2.05, 4.69) is 38.0 Å². The number of rotatable bonds is 6. The first kappa shape index (κ1) is 14.0. The van der Waals surface area contributed by atoms with Crippen LogP contribution in [0.15, 0.2) is 18.5 Å². The molecule has 0 radical (unpaired) electrons. The summed E-state index contributed by atoms with van der Waals surface area (Å²) >= 11 is 0. The third-order valence-corrected chi connectivity index (χ3v) is 3.37. The van der Waals surface area contributed by atoms with Crippen molar-refractivity contribution in [2.45, 2.75) is 34.2 Å². The lowest BCUT2D eigenvalue weighted by atomic mass is 9.85. The third kappa shape index (κ3) is 4.00. The molecule has 0 amide bonds. The van der Waals surface area contributed by atoms with Gasteiger partial charge in [0.1, 0.15) is 0 Å². The predicted octanol–water partition coefficient (Wildman–Crippen LogP) is 2.88. The van der Waals surface area contributed by atoms with Gasteiger partial charge in [0, 0.05) is 19.3 Å². The number of hydrogen-bond acceptors (Lipinski definition) is 3. The fraction of sp³-hybridized carbons (Fsp3) is 0.643. The summed E-state index contributed by atoms with van der Waals surface area (Å²) in [6, 6.07) is 1.97. The minimum atomic E-state index is 0.554. The van der Waals surface area contributed by atoms with Crippen molar-refractivity contribution in [3.63, 3.8) is 0 Å². The average molecular weight is 235 g/mol. The van der Waals surface area contributed by atoms with Gasteiger partial charge in [0.05, 0.1) is 11.9 Å². The highest BCUT2D eigenvalue weighted by molar-refractivity contribution is 5.48. The lowest BCUT2D eigenvalue weighted by Gasteiger charge is -2.26. The van der Waals surface area contributed by atoms with Gasteiger partial charge in [-0.3, -0.25) is 4.98 Å². The summed E-state index contributed by atoms with van der Waals surface area (Å²) in [5.74, 6) is 2.03. The van der Waals surface area contributed by atoms with E-state index in [1.807, 2.05) is 12.3 Å². The molecule has 0 aliphatic rings. The van der Waals surface area contributed by atoms with Crippen LogP contribution < -0.4 is 11.1 Å². The third-order valence-electron chi connectivity index (χ3n) is 3.37. The van der Waals surface area contributed by atoms with Crippen molar-refractivity contribution in [1.82, 2.24) is 4.98 Å². The topological polar surface area (TPSA) is 50.9 Å². The van der Waals surface area contributed by atoms with E-state index in [0.717, 1.165) is 17.8 Å². The molecule has 1 aromatic rings. The SMILES string of the molecule is CC(C)C(CNc1cnccc1CN)C(C)C. The van der Waals surface area contributed by atoms with Crippen molar-refractivity contribution < 1.29 is 0 Å². The van der Waals surface area contributed by atoms with E-state index >= 15 is 0 Å². The van der Waals surface area contributed by atoms with Gasteiger partial charge in [0.25, 0.3) is 0 Å². The van der Waals surface area contributed by atoms with Gasteiger partial charge in [-0.15, -0.1) is 0 Å². The molecule has 0 aromatic carbocycles. The fourth-order valence-corrected chi connectivity index (χ4v) is 2.23. The molecule has 3 heteroatoms. The second kappa shape index (κ2) is 6.60. The molecule has 0 atom stereocenters. The van der Waals surface area contributed by atoms with Crippen LogP contribution in [0, 0.1) is 17.8 Å². The Balaban J connectivity index is 2.65. The van der Waals surface area contributed by atoms with Gasteiger partial charge in [-0.2, -0.15) is 0 Å². The Morgan fingerprint density at radius 1 is 1.24 bits per heavy atom. The molecular formula is C14H25N3. The maximum Gasteiger partial charge on any atom is 0.0572 e. The molecule has 0 saturated heterocycles. The maximum absolute atomic E-state index is 5.71. The predicted molar refractivity (Wildman–Crippen MR) is 73.8 cm³/mol. The lowest BCUT2D eigenvalue weighted by molar-refractivity contribution is 0.304. The molecule has 0 bridgehead atoms. The number of aromatic nitrogens is 1. The van der Waals surface area contributed by atoms with Crippen molar-refractivity contribution in [2.24, 2.45) is 23.5 Å². The number of nitrogens with zero attached hydrogens (tertiary/aromatic N) is 1. The summed E-state index contributed by atoms with van der Waals surface area (Å²) < 4.78 is 0. The van der Waals surface area contributed by atoms with Gasteiger partial charge in [-0.1, -0.05) is 27.7 Å². The van der Waals surface area contributed by atoms with Crippen LogP contribution >= 0.6 is 0 Å². The smallest absolute Gasteiger partial charge is 0.0572 e. The second-order valence-corrected chi connectivity index (χ2v) is 5.27. The van der Waals surface area contributed by atoms with Crippen LogP contribution in [0.2, 0.25) is 0 Å². The van der Waals surface area contributed by atoms with E-state index < -0.39 is 0 Å². The summed E-state index contributed by atoms with van der Waals surface area (Å²) in [6.07, 6.45) is 3.65. The number of nitrogens with two attached hydrogens (primary N) is 1. The molecular weight excluding hydrogens is 210 g/mol. The Labute approximate surface area is 105 Å². The zero-order chi connectivity index (χ0) is 12.8. The standard InChI is InChI=1S/C14H25N3/c1-10(2)13(11(3)4)8-17-14-9-16-6-5-12(14)7-15/h5-6,9-11,13,17H,7-8,15H2,1-4H3. The molecule has 0 spiro atoms. The normalized spacial score (nSPS) is 11.5. The average Bonchev–Trinajstić information content (AvgIpc) is 2.29. The second-order valence-electron chi connectivity index (χ2n) is 5.27. The molecule has 1 heterocycles. The molecule has 0 unspecified atom stereocenters. The van der Waals surface area contributed by atoms with Crippen molar-refractivity contribution in [3.8, 4) is 0 Å².